The molecule has 0 saturated carbocycles. The largest absolute Gasteiger partial charge is 0.377 e. The van der Waals surface area contributed by atoms with Crippen LogP contribution in [0.1, 0.15) is 47.6 Å². The standard InChI is InChI=1S/C22H26N2O4S/c25-22(24-13-5-12-21(24)17-7-2-1-3-8-17)18-9-4-11-20(15-18)29(26,27)23-16-19-10-6-14-28-19/h1-4,7-9,11,15,19,21,23H,5-6,10,12-14,16H2. The maximum atomic E-state index is 13.2. The van der Waals surface area contributed by atoms with E-state index < -0.39 is 10.0 Å². The van der Waals surface area contributed by atoms with Crippen molar-refractivity contribution in [2.75, 3.05) is 19.7 Å². The Morgan fingerprint density at radius 1 is 1.07 bits per heavy atom. The van der Waals surface area contributed by atoms with Crippen LogP contribution in [0.5, 0.6) is 0 Å². The number of sulfonamides is 1. The Morgan fingerprint density at radius 2 is 1.90 bits per heavy atom. The van der Waals surface area contributed by atoms with E-state index in [1.807, 2.05) is 35.2 Å². The van der Waals surface area contributed by atoms with Gasteiger partial charge in [0.2, 0.25) is 10.0 Å². The molecule has 2 saturated heterocycles. The van der Waals surface area contributed by atoms with Gasteiger partial charge >= 0.3 is 0 Å². The summed E-state index contributed by atoms with van der Waals surface area (Å²) < 4.78 is 33.4. The van der Waals surface area contributed by atoms with E-state index in [2.05, 4.69) is 4.72 Å². The van der Waals surface area contributed by atoms with Crippen LogP contribution in [0.2, 0.25) is 0 Å². The zero-order valence-corrected chi connectivity index (χ0v) is 17.1. The highest BCUT2D eigenvalue weighted by atomic mass is 32.2. The van der Waals surface area contributed by atoms with Gasteiger partial charge in [-0.25, -0.2) is 13.1 Å². The van der Waals surface area contributed by atoms with E-state index in [4.69, 9.17) is 4.74 Å². The van der Waals surface area contributed by atoms with Crippen molar-refractivity contribution in [3.05, 3.63) is 65.7 Å². The number of likely N-dealkylation sites (tertiary alicyclic amines) is 1. The highest BCUT2D eigenvalue weighted by molar-refractivity contribution is 7.89. The molecule has 2 aliphatic rings. The van der Waals surface area contributed by atoms with Gasteiger partial charge in [-0.1, -0.05) is 36.4 Å². The van der Waals surface area contributed by atoms with Crippen molar-refractivity contribution in [3.63, 3.8) is 0 Å². The minimum Gasteiger partial charge on any atom is -0.377 e. The Hall–Kier alpha value is -2.22. The molecule has 0 bridgehead atoms. The quantitative estimate of drug-likeness (QED) is 0.788. The normalized spacial score (nSPS) is 22.1. The fraction of sp³-hybridized carbons (Fsp3) is 0.409. The lowest BCUT2D eigenvalue weighted by molar-refractivity contribution is 0.0735. The number of carbonyl (C=O) groups excluding carboxylic acids is 1. The second-order valence-corrected chi connectivity index (χ2v) is 9.35. The summed E-state index contributed by atoms with van der Waals surface area (Å²) in [6.07, 6.45) is 3.58. The first-order chi connectivity index (χ1) is 14.0. The highest BCUT2D eigenvalue weighted by Gasteiger charge is 2.31. The van der Waals surface area contributed by atoms with Crippen LogP contribution in [0.4, 0.5) is 0 Å². The minimum atomic E-state index is -3.69. The van der Waals surface area contributed by atoms with Crippen molar-refractivity contribution in [2.24, 2.45) is 0 Å². The highest BCUT2D eigenvalue weighted by Crippen LogP contribution is 2.33. The van der Waals surface area contributed by atoms with Gasteiger partial charge in [0, 0.05) is 25.3 Å². The third-order valence-electron chi connectivity index (χ3n) is 5.61. The van der Waals surface area contributed by atoms with Gasteiger partial charge in [-0.05, 0) is 49.4 Å². The van der Waals surface area contributed by atoms with E-state index in [1.54, 1.807) is 12.1 Å². The Balaban J connectivity index is 1.51. The van der Waals surface area contributed by atoms with Crippen LogP contribution in [0, 0.1) is 0 Å². The Labute approximate surface area is 171 Å². The topological polar surface area (TPSA) is 75.7 Å². The van der Waals surface area contributed by atoms with E-state index in [1.165, 1.54) is 12.1 Å². The second-order valence-electron chi connectivity index (χ2n) is 7.58. The van der Waals surface area contributed by atoms with Gasteiger partial charge in [-0.3, -0.25) is 4.79 Å². The molecule has 0 aromatic heterocycles. The van der Waals surface area contributed by atoms with Crippen molar-refractivity contribution in [3.8, 4) is 0 Å². The average Bonchev–Trinajstić information content (AvgIpc) is 3.44. The molecule has 7 heteroatoms. The number of nitrogens with one attached hydrogen (secondary N) is 1. The molecule has 154 valence electrons. The lowest BCUT2D eigenvalue weighted by atomic mass is 10.0. The summed E-state index contributed by atoms with van der Waals surface area (Å²) in [5, 5.41) is 0. The summed E-state index contributed by atoms with van der Waals surface area (Å²) in [4.78, 5) is 15.1. The molecule has 1 amide bonds. The molecular formula is C22H26N2O4S. The number of rotatable bonds is 6. The number of hydrogen-bond donors (Lipinski definition) is 1. The Morgan fingerprint density at radius 3 is 2.66 bits per heavy atom. The first kappa shape index (κ1) is 20.1. The number of benzene rings is 2. The van der Waals surface area contributed by atoms with Gasteiger partial charge in [0.1, 0.15) is 0 Å². The molecule has 2 aromatic rings. The maximum absolute atomic E-state index is 13.2. The van der Waals surface area contributed by atoms with Crippen molar-refractivity contribution in [1.29, 1.82) is 0 Å². The number of ether oxygens (including phenoxy) is 1. The molecule has 0 aliphatic carbocycles. The monoisotopic (exact) mass is 414 g/mol. The summed E-state index contributed by atoms with van der Waals surface area (Å²) in [6.45, 7) is 1.60. The smallest absolute Gasteiger partial charge is 0.254 e. The summed E-state index contributed by atoms with van der Waals surface area (Å²) in [5.74, 6) is -0.132. The summed E-state index contributed by atoms with van der Waals surface area (Å²) >= 11 is 0. The molecule has 0 radical (unpaired) electrons. The number of carbonyl (C=O) groups is 1. The third kappa shape index (κ3) is 4.52. The molecule has 2 heterocycles. The molecule has 6 nitrogen and oxygen atoms in total. The predicted molar refractivity (Wildman–Crippen MR) is 110 cm³/mol. The van der Waals surface area contributed by atoms with Crippen LogP contribution < -0.4 is 4.72 Å². The fourth-order valence-corrected chi connectivity index (χ4v) is 5.20. The van der Waals surface area contributed by atoms with Gasteiger partial charge in [0.15, 0.2) is 0 Å². The molecule has 1 N–H and O–H groups in total. The van der Waals surface area contributed by atoms with Crippen molar-refractivity contribution in [2.45, 2.75) is 42.7 Å². The summed E-state index contributed by atoms with van der Waals surface area (Å²) in [6, 6.07) is 16.3. The van der Waals surface area contributed by atoms with Gasteiger partial charge in [-0.2, -0.15) is 0 Å². The van der Waals surface area contributed by atoms with Gasteiger partial charge in [-0.15, -0.1) is 0 Å². The summed E-state index contributed by atoms with van der Waals surface area (Å²) in [7, 11) is -3.69. The molecule has 2 aromatic carbocycles. The molecule has 0 spiro atoms. The minimum absolute atomic E-state index is 0.0293. The van der Waals surface area contributed by atoms with E-state index in [-0.39, 0.29) is 29.5 Å². The number of amides is 1. The molecule has 4 rings (SSSR count). The van der Waals surface area contributed by atoms with Gasteiger partial charge in [0.25, 0.3) is 5.91 Å². The molecular weight excluding hydrogens is 388 g/mol. The Kier molecular flexibility index (Phi) is 5.99. The average molecular weight is 415 g/mol. The first-order valence-corrected chi connectivity index (χ1v) is 11.6. The zero-order chi connectivity index (χ0) is 20.3. The Bertz CT molecular complexity index is 956. The maximum Gasteiger partial charge on any atom is 0.254 e. The van der Waals surface area contributed by atoms with Crippen LogP contribution in [0.25, 0.3) is 0 Å². The van der Waals surface area contributed by atoms with Crippen LogP contribution in [-0.4, -0.2) is 45.0 Å². The lowest BCUT2D eigenvalue weighted by Gasteiger charge is -2.25. The van der Waals surface area contributed by atoms with Crippen LogP contribution >= 0.6 is 0 Å². The number of hydrogen-bond acceptors (Lipinski definition) is 4. The first-order valence-electron chi connectivity index (χ1n) is 10.1. The van der Waals surface area contributed by atoms with E-state index >= 15 is 0 Å². The van der Waals surface area contributed by atoms with E-state index in [9.17, 15) is 13.2 Å². The van der Waals surface area contributed by atoms with E-state index in [0.717, 1.165) is 31.2 Å². The summed E-state index contributed by atoms with van der Waals surface area (Å²) in [5.41, 5.74) is 1.51. The van der Waals surface area contributed by atoms with Crippen LogP contribution in [0.15, 0.2) is 59.5 Å². The van der Waals surface area contributed by atoms with Crippen molar-refractivity contribution < 1.29 is 17.9 Å². The predicted octanol–water partition coefficient (Wildman–Crippen LogP) is 3.12. The van der Waals surface area contributed by atoms with Crippen LogP contribution in [0.3, 0.4) is 0 Å². The SMILES string of the molecule is O=C(c1cccc(S(=O)(=O)NCC2CCCO2)c1)N1CCCC1c1ccccc1. The van der Waals surface area contributed by atoms with E-state index in [0.29, 0.717) is 18.7 Å². The van der Waals surface area contributed by atoms with Gasteiger partial charge < -0.3 is 9.64 Å². The van der Waals surface area contributed by atoms with Crippen LogP contribution in [-0.2, 0) is 14.8 Å². The van der Waals surface area contributed by atoms with Crippen molar-refractivity contribution >= 4 is 15.9 Å². The molecule has 2 aliphatic heterocycles. The zero-order valence-electron chi connectivity index (χ0n) is 16.3. The molecule has 2 atom stereocenters. The fourth-order valence-electron chi connectivity index (χ4n) is 4.08. The third-order valence-corrected chi connectivity index (χ3v) is 7.04. The number of nitrogens with zero attached hydrogens (tertiary/aromatic N) is 1. The van der Waals surface area contributed by atoms with Crippen molar-refractivity contribution in [1.82, 2.24) is 9.62 Å². The van der Waals surface area contributed by atoms with Gasteiger partial charge in [0.05, 0.1) is 17.0 Å². The molecule has 29 heavy (non-hydrogen) atoms. The molecule has 2 unspecified atom stereocenters. The lowest BCUT2D eigenvalue weighted by Crippen LogP contribution is -2.32. The second kappa shape index (κ2) is 8.65. The molecule has 2 fully saturated rings.